The molecule has 1 heterocycles. The second-order valence-corrected chi connectivity index (χ2v) is 6.33. The van der Waals surface area contributed by atoms with E-state index in [4.69, 9.17) is 0 Å². The molecule has 0 amide bonds. The molecular weight excluding hydrogens is 410 g/mol. The Bertz CT molecular complexity index is 868. The first-order valence-corrected chi connectivity index (χ1v) is 7.66. The van der Waals surface area contributed by atoms with E-state index in [9.17, 15) is 13.6 Å². The van der Waals surface area contributed by atoms with Crippen LogP contribution in [0.1, 0.15) is 16.0 Å². The lowest BCUT2D eigenvalue weighted by atomic mass is 10.0. The monoisotopic (exact) mass is 416 g/mol. The van der Waals surface area contributed by atoms with Gasteiger partial charge < -0.3 is 9.97 Å². The number of benzene rings is 2. The van der Waals surface area contributed by atoms with Gasteiger partial charge in [-0.25, -0.2) is 13.6 Å². The van der Waals surface area contributed by atoms with E-state index in [1.807, 2.05) is 0 Å². The van der Waals surface area contributed by atoms with E-state index in [1.54, 1.807) is 12.1 Å². The molecule has 7 heteroatoms. The molecule has 0 saturated carbocycles. The fourth-order valence-electron chi connectivity index (χ4n) is 2.17. The van der Waals surface area contributed by atoms with Gasteiger partial charge in [0.1, 0.15) is 11.6 Å². The molecule has 21 heavy (non-hydrogen) atoms. The molecule has 0 fully saturated rings. The van der Waals surface area contributed by atoms with Gasteiger partial charge in [-0.3, -0.25) is 0 Å². The summed E-state index contributed by atoms with van der Waals surface area (Å²) in [5.41, 5.74) is 2.17. The highest BCUT2D eigenvalue weighted by Gasteiger charge is 2.17. The molecule has 1 atom stereocenters. The van der Waals surface area contributed by atoms with Crippen molar-refractivity contribution >= 4 is 42.9 Å². The van der Waals surface area contributed by atoms with E-state index < -0.39 is 16.5 Å². The minimum Gasteiger partial charge on any atom is -0.306 e. The zero-order valence-electron chi connectivity index (χ0n) is 10.4. The van der Waals surface area contributed by atoms with E-state index in [2.05, 4.69) is 41.8 Å². The molecule has 3 aromatic rings. The molecule has 0 aliphatic heterocycles. The van der Waals surface area contributed by atoms with E-state index in [1.165, 1.54) is 12.1 Å². The maximum absolute atomic E-state index is 13.3. The number of hydrogen-bond donors (Lipinski definition) is 2. The summed E-state index contributed by atoms with van der Waals surface area (Å²) in [7, 11) is 0. The number of aromatic nitrogens is 2. The lowest BCUT2D eigenvalue weighted by Crippen LogP contribution is -1.99. The Hall–Kier alpha value is -1.47. The van der Waals surface area contributed by atoms with Gasteiger partial charge in [-0.05, 0) is 35.4 Å². The van der Waals surface area contributed by atoms with Gasteiger partial charge >= 0.3 is 5.69 Å². The van der Waals surface area contributed by atoms with Crippen LogP contribution >= 0.6 is 31.9 Å². The summed E-state index contributed by atoms with van der Waals surface area (Å²) in [5.74, 6) is -1.27. The quantitative estimate of drug-likeness (QED) is 0.597. The molecular formula is C14H8Br2F2N2O. The lowest BCUT2D eigenvalue weighted by Gasteiger charge is -2.13. The number of aromatic amines is 2. The Morgan fingerprint density at radius 2 is 1.52 bits per heavy atom. The number of hydrogen-bond acceptors (Lipinski definition) is 1. The summed E-state index contributed by atoms with van der Waals surface area (Å²) >= 11 is 6.85. The molecule has 0 aliphatic rings. The number of imidazole rings is 1. The minimum absolute atomic E-state index is 0.308. The molecule has 2 N–H and O–H groups in total. The number of rotatable bonds is 2. The maximum Gasteiger partial charge on any atom is 0.323 e. The zero-order valence-corrected chi connectivity index (χ0v) is 13.6. The molecule has 0 spiro atoms. The van der Waals surface area contributed by atoms with Gasteiger partial charge in [-0.2, -0.15) is 0 Å². The predicted molar refractivity (Wildman–Crippen MR) is 83.7 cm³/mol. The van der Waals surface area contributed by atoms with Crippen molar-refractivity contribution < 1.29 is 8.78 Å². The summed E-state index contributed by atoms with van der Waals surface area (Å²) < 4.78 is 27.4. The molecule has 0 radical (unpaired) electrons. The number of alkyl halides is 1. The van der Waals surface area contributed by atoms with Crippen molar-refractivity contribution in [2.75, 3.05) is 0 Å². The Balaban J connectivity index is 2.13. The van der Waals surface area contributed by atoms with Crippen LogP contribution in [-0.4, -0.2) is 9.97 Å². The molecule has 108 valence electrons. The van der Waals surface area contributed by atoms with Crippen LogP contribution in [0, 0.1) is 11.6 Å². The molecule has 0 bridgehead atoms. The minimum atomic E-state index is -0.637. The average Bonchev–Trinajstić information content (AvgIpc) is 2.75. The number of halogens is 4. The van der Waals surface area contributed by atoms with Gasteiger partial charge in [0.05, 0.1) is 15.9 Å². The topological polar surface area (TPSA) is 48.6 Å². The van der Waals surface area contributed by atoms with Gasteiger partial charge in [-0.1, -0.05) is 31.9 Å². The smallest absolute Gasteiger partial charge is 0.306 e. The third-order valence-electron chi connectivity index (χ3n) is 3.08. The number of fused-ring (bicyclic) bond motifs is 1. The Kier molecular flexibility index (Phi) is 3.71. The molecule has 0 aliphatic carbocycles. The van der Waals surface area contributed by atoms with Gasteiger partial charge in [0, 0.05) is 10.5 Å². The highest BCUT2D eigenvalue weighted by Crippen LogP contribution is 2.37. The van der Waals surface area contributed by atoms with Crippen LogP contribution in [-0.2, 0) is 0 Å². The second kappa shape index (κ2) is 5.38. The molecule has 2 aromatic carbocycles. The summed E-state index contributed by atoms with van der Waals surface area (Å²) in [6.45, 7) is 0. The number of nitrogens with one attached hydrogen (secondary N) is 2. The normalized spacial score (nSPS) is 12.8. The molecule has 1 aromatic heterocycles. The van der Waals surface area contributed by atoms with Crippen LogP contribution in [0.2, 0.25) is 0 Å². The predicted octanol–water partition coefficient (Wildman–Crippen LogP) is 4.38. The van der Waals surface area contributed by atoms with Gasteiger partial charge in [0.15, 0.2) is 0 Å². The van der Waals surface area contributed by atoms with Crippen molar-refractivity contribution in [3.63, 3.8) is 0 Å². The van der Waals surface area contributed by atoms with Crippen LogP contribution < -0.4 is 5.69 Å². The van der Waals surface area contributed by atoms with E-state index in [0.29, 0.717) is 16.6 Å². The fourth-order valence-corrected chi connectivity index (χ4v) is 3.69. The van der Waals surface area contributed by atoms with Crippen molar-refractivity contribution in [1.82, 2.24) is 9.97 Å². The van der Waals surface area contributed by atoms with E-state index in [-0.39, 0.29) is 5.69 Å². The van der Waals surface area contributed by atoms with Crippen molar-refractivity contribution in [1.29, 1.82) is 0 Å². The second-order valence-electron chi connectivity index (χ2n) is 4.56. The summed E-state index contributed by atoms with van der Waals surface area (Å²) in [6, 6.07) is 6.84. The van der Waals surface area contributed by atoms with E-state index >= 15 is 0 Å². The molecule has 3 nitrogen and oxygen atoms in total. The molecule has 3 rings (SSSR count). The van der Waals surface area contributed by atoms with E-state index in [0.717, 1.165) is 16.1 Å². The van der Waals surface area contributed by atoms with Crippen molar-refractivity contribution in [2.45, 2.75) is 4.83 Å². The zero-order chi connectivity index (χ0) is 15.1. The Morgan fingerprint density at radius 3 is 2.14 bits per heavy atom. The summed E-state index contributed by atoms with van der Waals surface area (Å²) in [4.78, 5) is 16.2. The van der Waals surface area contributed by atoms with Crippen LogP contribution in [0.15, 0.2) is 39.6 Å². The van der Waals surface area contributed by atoms with Crippen molar-refractivity contribution in [2.24, 2.45) is 0 Å². The van der Waals surface area contributed by atoms with Gasteiger partial charge in [0.2, 0.25) is 0 Å². The first-order valence-electron chi connectivity index (χ1n) is 5.95. The third-order valence-corrected chi connectivity index (χ3v) is 4.79. The van der Waals surface area contributed by atoms with Crippen LogP contribution in [0.25, 0.3) is 11.0 Å². The van der Waals surface area contributed by atoms with Gasteiger partial charge in [-0.15, -0.1) is 0 Å². The fraction of sp³-hybridized carbons (Fsp3) is 0.0714. The SMILES string of the molecule is O=c1[nH]c2cc(Br)c(C(Br)c3cc(F)cc(F)c3)cc2[nH]1. The van der Waals surface area contributed by atoms with Crippen LogP contribution in [0.3, 0.4) is 0 Å². The average molecular weight is 418 g/mol. The summed E-state index contributed by atoms with van der Waals surface area (Å²) in [5, 5.41) is 0. The highest BCUT2D eigenvalue weighted by atomic mass is 79.9. The van der Waals surface area contributed by atoms with Gasteiger partial charge in [0.25, 0.3) is 0 Å². The molecule has 0 saturated heterocycles. The number of H-pyrrole nitrogens is 2. The third kappa shape index (κ3) is 2.80. The lowest BCUT2D eigenvalue weighted by molar-refractivity contribution is 0.580. The maximum atomic E-state index is 13.3. The first-order chi connectivity index (χ1) is 9.94. The van der Waals surface area contributed by atoms with Crippen molar-refractivity contribution in [3.05, 3.63) is 68.1 Å². The standard InChI is InChI=1S/C14H8Br2F2N2O/c15-10-5-12-11(19-14(21)20-12)4-9(10)13(16)6-1-7(17)3-8(18)2-6/h1-5,13H,(H2,19,20,21). The first kappa shape index (κ1) is 14.5. The Morgan fingerprint density at radius 1 is 0.952 bits per heavy atom. The molecule has 1 unspecified atom stereocenters. The highest BCUT2D eigenvalue weighted by molar-refractivity contribution is 9.11. The van der Waals surface area contributed by atoms with Crippen LogP contribution in [0.4, 0.5) is 8.78 Å². The van der Waals surface area contributed by atoms with Crippen molar-refractivity contribution in [3.8, 4) is 0 Å². The Labute approximate surface area is 134 Å². The summed E-state index contributed by atoms with van der Waals surface area (Å²) in [6.07, 6.45) is 0. The van der Waals surface area contributed by atoms with Crippen LogP contribution in [0.5, 0.6) is 0 Å². The largest absolute Gasteiger partial charge is 0.323 e.